The summed E-state index contributed by atoms with van der Waals surface area (Å²) in [5.41, 5.74) is 3.31. The van der Waals surface area contributed by atoms with Crippen molar-refractivity contribution in [3.63, 3.8) is 0 Å². The molecule has 2 aromatic carbocycles. The number of hydrogen-bond acceptors (Lipinski definition) is 5. The summed E-state index contributed by atoms with van der Waals surface area (Å²) < 4.78 is 12.9. The van der Waals surface area contributed by atoms with Gasteiger partial charge in [-0.3, -0.25) is 9.69 Å². The van der Waals surface area contributed by atoms with E-state index in [0.717, 1.165) is 48.2 Å². The molecule has 6 nitrogen and oxygen atoms in total. The van der Waals surface area contributed by atoms with E-state index >= 15 is 0 Å². The van der Waals surface area contributed by atoms with Gasteiger partial charge in [0.05, 0.1) is 23.4 Å². The van der Waals surface area contributed by atoms with Crippen molar-refractivity contribution in [1.29, 1.82) is 0 Å². The smallest absolute Gasteiger partial charge is 0.340 e. The number of hydrogen-bond donors (Lipinski definition) is 0. The van der Waals surface area contributed by atoms with Crippen molar-refractivity contribution < 1.29 is 19.1 Å². The van der Waals surface area contributed by atoms with E-state index in [9.17, 15) is 9.59 Å². The monoisotopic (exact) mass is 420 g/mol. The van der Waals surface area contributed by atoms with Crippen molar-refractivity contribution in [3.05, 3.63) is 59.8 Å². The normalized spacial score (nSPS) is 14.5. The number of ether oxygens (including phenoxy) is 2. The predicted molar refractivity (Wildman–Crippen MR) is 120 cm³/mol. The number of carbonyl (C=O) groups is 2. The lowest BCUT2D eigenvalue weighted by Gasteiger charge is -2.27. The number of fused-ring (bicyclic) bond motifs is 1. The molecule has 162 valence electrons. The van der Waals surface area contributed by atoms with Crippen LogP contribution in [0.4, 0.5) is 0 Å². The molecule has 1 aliphatic heterocycles. The van der Waals surface area contributed by atoms with Crippen LogP contribution in [0.15, 0.2) is 48.5 Å². The van der Waals surface area contributed by atoms with Gasteiger partial charge in [-0.1, -0.05) is 24.6 Å². The van der Waals surface area contributed by atoms with Crippen LogP contribution in [0.3, 0.4) is 0 Å². The summed E-state index contributed by atoms with van der Waals surface area (Å²) in [5.74, 6) is -0.331. The molecular formula is C25H28N2O4. The zero-order valence-electron chi connectivity index (χ0n) is 18.1. The number of benzene rings is 2. The second-order valence-corrected chi connectivity index (χ2v) is 7.82. The largest absolute Gasteiger partial charge is 0.462 e. The molecule has 1 aromatic heterocycles. The lowest BCUT2D eigenvalue weighted by Crippen LogP contribution is -2.30. The molecule has 0 bridgehead atoms. The van der Waals surface area contributed by atoms with Crippen LogP contribution >= 0.6 is 0 Å². The van der Waals surface area contributed by atoms with Crippen molar-refractivity contribution in [2.24, 2.45) is 0 Å². The lowest BCUT2D eigenvalue weighted by molar-refractivity contribution is -0.131. The fourth-order valence-corrected chi connectivity index (χ4v) is 4.33. The van der Waals surface area contributed by atoms with E-state index in [1.807, 2.05) is 43.3 Å². The number of nitrogens with zero attached hydrogens (tertiary/aromatic N) is 2. The van der Waals surface area contributed by atoms with Crippen LogP contribution in [0.2, 0.25) is 0 Å². The number of para-hydroxylation sites is 1. The van der Waals surface area contributed by atoms with Crippen LogP contribution in [0.5, 0.6) is 5.75 Å². The summed E-state index contributed by atoms with van der Waals surface area (Å²) in [6.45, 7) is 6.15. The minimum absolute atomic E-state index is 0.295. The van der Waals surface area contributed by atoms with Gasteiger partial charge in [-0.05, 0) is 63.2 Å². The highest BCUT2D eigenvalue weighted by molar-refractivity contribution is 6.07. The Morgan fingerprint density at radius 3 is 2.42 bits per heavy atom. The maximum Gasteiger partial charge on any atom is 0.340 e. The average Bonchev–Trinajstić information content (AvgIpc) is 3.07. The molecule has 0 spiro atoms. The highest BCUT2D eigenvalue weighted by Crippen LogP contribution is 2.34. The molecular weight excluding hydrogens is 392 g/mol. The molecule has 0 aliphatic carbocycles. The highest BCUT2D eigenvalue weighted by Gasteiger charge is 2.27. The molecule has 1 aliphatic rings. The fraction of sp³-hybridized carbons (Fsp3) is 0.360. The van der Waals surface area contributed by atoms with E-state index in [1.165, 1.54) is 13.3 Å². The summed E-state index contributed by atoms with van der Waals surface area (Å²) in [6.07, 6.45) is 3.57. The summed E-state index contributed by atoms with van der Waals surface area (Å²) in [7, 11) is 0. The van der Waals surface area contributed by atoms with Crippen LogP contribution in [-0.2, 0) is 16.1 Å². The first-order valence-electron chi connectivity index (χ1n) is 10.9. The number of piperidine rings is 1. The minimum atomic E-state index is -0.395. The van der Waals surface area contributed by atoms with Crippen molar-refractivity contribution >= 4 is 22.8 Å². The van der Waals surface area contributed by atoms with Gasteiger partial charge in [0, 0.05) is 24.5 Å². The quantitative estimate of drug-likeness (QED) is 0.427. The SMILES string of the molecule is CCOC(=O)c1c(CN2CCCCC2)n(-c2ccccc2)c2ccc(OC(C)=O)cc12. The van der Waals surface area contributed by atoms with Crippen LogP contribution in [0, 0.1) is 0 Å². The Balaban J connectivity index is 1.95. The lowest BCUT2D eigenvalue weighted by atomic mass is 10.1. The molecule has 1 fully saturated rings. The fourth-order valence-electron chi connectivity index (χ4n) is 4.33. The van der Waals surface area contributed by atoms with E-state index in [1.54, 1.807) is 12.1 Å². The van der Waals surface area contributed by atoms with E-state index in [-0.39, 0.29) is 5.97 Å². The van der Waals surface area contributed by atoms with Crippen LogP contribution in [0.25, 0.3) is 16.6 Å². The van der Waals surface area contributed by atoms with Gasteiger partial charge in [0.2, 0.25) is 0 Å². The second-order valence-electron chi connectivity index (χ2n) is 7.82. The zero-order chi connectivity index (χ0) is 21.8. The van der Waals surface area contributed by atoms with Gasteiger partial charge in [-0.2, -0.15) is 0 Å². The van der Waals surface area contributed by atoms with Crippen LogP contribution < -0.4 is 4.74 Å². The first-order chi connectivity index (χ1) is 15.1. The number of rotatable bonds is 6. The standard InChI is InChI=1S/C25H28N2O4/c1-3-30-25(29)24-21-16-20(31-18(2)28)12-13-22(21)27(19-10-6-4-7-11-19)23(24)17-26-14-8-5-9-15-26/h4,6-7,10-13,16H,3,5,8-9,14-15,17H2,1-2H3. The van der Waals surface area contributed by atoms with Gasteiger partial charge in [0.15, 0.2) is 0 Å². The topological polar surface area (TPSA) is 60.8 Å². The molecule has 0 amide bonds. The Bertz CT molecular complexity index is 1080. The maximum atomic E-state index is 13.1. The second kappa shape index (κ2) is 9.35. The van der Waals surface area contributed by atoms with Crippen molar-refractivity contribution in [1.82, 2.24) is 9.47 Å². The molecule has 2 heterocycles. The first-order valence-corrected chi connectivity index (χ1v) is 10.9. The molecule has 6 heteroatoms. The Hall–Kier alpha value is -3.12. The summed E-state index contributed by atoms with van der Waals surface area (Å²) in [6, 6.07) is 15.5. The third kappa shape index (κ3) is 4.49. The first kappa shape index (κ1) is 21.1. The third-order valence-electron chi connectivity index (χ3n) is 5.61. The molecule has 4 rings (SSSR count). The molecule has 0 N–H and O–H groups in total. The van der Waals surface area contributed by atoms with Crippen molar-refractivity contribution in [2.45, 2.75) is 39.7 Å². The molecule has 3 aromatic rings. The molecule has 0 saturated carbocycles. The van der Waals surface area contributed by atoms with Crippen molar-refractivity contribution in [2.75, 3.05) is 19.7 Å². The molecule has 0 radical (unpaired) electrons. The summed E-state index contributed by atoms with van der Waals surface area (Å²) >= 11 is 0. The van der Waals surface area contributed by atoms with Crippen LogP contribution in [0.1, 0.15) is 49.2 Å². The van der Waals surface area contributed by atoms with Gasteiger partial charge in [0.1, 0.15) is 5.75 Å². The Morgan fingerprint density at radius 2 is 1.74 bits per heavy atom. The Labute approximate surface area is 182 Å². The predicted octanol–water partition coefficient (Wildman–Crippen LogP) is 4.72. The van der Waals surface area contributed by atoms with E-state index < -0.39 is 5.97 Å². The number of esters is 2. The zero-order valence-corrected chi connectivity index (χ0v) is 18.1. The number of aromatic nitrogens is 1. The Morgan fingerprint density at radius 1 is 1.00 bits per heavy atom. The Kier molecular flexibility index (Phi) is 6.37. The molecule has 0 atom stereocenters. The van der Waals surface area contributed by atoms with Gasteiger partial charge < -0.3 is 14.0 Å². The van der Waals surface area contributed by atoms with Gasteiger partial charge in [-0.25, -0.2) is 4.79 Å². The third-order valence-corrected chi connectivity index (χ3v) is 5.61. The van der Waals surface area contributed by atoms with E-state index in [0.29, 0.717) is 24.5 Å². The minimum Gasteiger partial charge on any atom is -0.462 e. The number of likely N-dealkylation sites (tertiary alicyclic amines) is 1. The van der Waals surface area contributed by atoms with Crippen molar-refractivity contribution in [3.8, 4) is 11.4 Å². The summed E-state index contributed by atoms with van der Waals surface area (Å²) in [5, 5.41) is 0.730. The molecule has 31 heavy (non-hydrogen) atoms. The van der Waals surface area contributed by atoms with Gasteiger partial charge in [0.25, 0.3) is 0 Å². The maximum absolute atomic E-state index is 13.1. The average molecular weight is 421 g/mol. The molecule has 1 saturated heterocycles. The number of carbonyl (C=O) groups excluding carboxylic acids is 2. The van der Waals surface area contributed by atoms with E-state index in [4.69, 9.17) is 9.47 Å². The molecule has 0 unspecified atom stereocenters. The highest BCUT2D eigenvalue weighted by atomic mass is 16.5. The van der Waals surface area contributed by atoms with Gasteiger partial charge in [-0.15, -0.1) is 0 Å². The summed E-state index contributed by atoms with van der Waals surface area (Å²) in [4.78, 5) is 27.0. The van der Waals surface area contributed by atoms with Gasteiger partial charge >= 0.3 is 11.9 Å². The van der Waals surface area contributed by atoms with E-state index in [2.05, 4.69) is 9.47 Å². The van der Waals surface area contributed by atoms with Crippen LogP contribution in [-0.4, -0.2) is 41.1 Å².